The number of hydrogen-bond acceptors (Lipinski definition) is 2. The number of hydrogen-bond donors (Lipinski definition) is 1. The molecule has 15 heavy (non-hydrogen) atoms. The summed E-state index contributed by atoms with van der Waals surface area (Å²) in [5.74, 6) is 2.80. The van der Waals surface area contributed by atoms with E-state index in [1.807, 2.05) is 0 Å². The third-order valence-corrected chi connectivity index (χ3v) is 5.48. The molecule has 5 aliphatic rings. The van der Waals surface area contributed by atoms with Crippen molar-refractivity contribution in [1.29, 1.82) is 0 Å². The van der Waals surface area contributed by atoms with Gasteiger partial charge in [0.25, 0.3) is 0 Å². The molecule has 3 heteroatoms. The van der Waals surface area contributed by atoms with Crippen molar-refractivity contribution in [2.45, 2.75) is 25.7 Å². The molecule has 2 bridgehead atoms. The average molecular weight is 205 g/mol. The zero-order chi connectivity index (χ0) is 10.2. The maximum atomic E-state index is 11.8. The Morgan fingerprint density at radius 1 is 0.733 bits per heavy atom. The van der Waals surface area contributed by atoms with E-state index in [0.29, 0.717) is 11.8 Å². The van der Waals surface area contributed by atoms with Crippen molar-refractivity contribution in [2.75, 3.05) is 0 Å². The molecule has 1 heterocycles. The maximum Gasteiger partial charge on any atom is 0.230 e. The van der Waals surface area contributed by atoms with E-state index in [9.17, 15) is 9.59 Å². The summed E-state index contributed by atoms with van der Waals surface area (Å²) < 4.78 is 0. The van der Waals surface area contributed by atoms with Gasteiger partial charge in [0, 0.05) is 0 Å². The lowest BCUT2D eigenvalue weighted by Crippen LogP contribution is -2.55. The molecule has 0 aromatic carbocycles. The molecule has 80 valence electrons. The Labute approximate surface area is 88.6 Å². The van der Waals surface area contributed by atoms with E-state index in [1.165, 1.54) is 25.7 Å². The summed E-state index contributed by atoms with van der Waals surface area (Å²) in [5.41, 5.74) is 0. The molecule has 3 nitrogen and oxygen atoms in total. The van der Waals surface area contributed by atoms with Crippen LogP contribution < -0.4 is 5.32 Å². The zero-order valence-corrected chi connectivity index (χ0v) is 8.61. The molecular weight excluding hydrogens is 190 g/mol. The highest BCUT2D eigenvalue weighted by molar-refractivity contribution is 6.05. The van der Waals surface area contributed by atoms with Crippen molar-refractivity contribution in [1.82, 2.24) is 5.32 Å². The molecule has 4 aliphatic carbocycles. The van der Waals surface area contributed by atoms with Crippen molar-refractivity contribution < 1.29 is 9.59 Å². The Morgan fingerprint density at radius 3 is 1.53 bits per heavy atom. The summed E-state index contributed by atoms with van der Waals surface area (Å²) in [6.07, 6.45) is 4.98. The Kier molecular flexibility index (Phi) is 1.35. The largest absolute Gasteiger partial charge is 0.296 e. The molecule has 6 atom stereocenters. The van der Waals surface area contributed by atoms with Crippen LogP contribution in [0.5, 0.6) is 0 Å². The zero-order valence-electron chi connectivity index (χ0n) is 8.61. The van der Waals surface area contributed by atoms with Gasteiger partial charge in [-0.1, -0.05) is 0 Å². The molecule has 1 saturated heterocycles. The minimum atomic E-state index is 0.0325. The van der Waals surface area contributed by atoms with E-state index < -0.39 is 0 Å². The second-order valence-corrected chi connectivity index (χ2v) is 5.72. The predicted molar refractivity (Wildman–Crippen MR) is 52.6 cm³/mol. The summed E-state index contributed by atoms with van der Waals surface area (Å²) in [4.78, 5) is 23.5. The highest BCUT2D eigenvalue weighted by Crippen LogP contribution is 2.63. The molecule has 6 unspecified atom stereocenters. The first-order valence-corrected chi connectivity index (χ1v) is 6.12. The smallest absolute Gasteiger partial charge is 0.230 e. The number of carbonyl (C=O) groups excluding carboxylic acids is 2. The normalized spacial score (nSPS) is 55.7. The first-order valence-electron chi connectivity index (χ1n) is 6.12. The third-order valence-electron chi connectivity index (χ3n) is 5.48. The Bertz CT molecular complexity index is 331. The molecule has 0 radical (unpaired) electrons. The van der Waals surface area contributed by atoms with Gasteiger partial charge in [-0.2, -0.15) is 0 Å². The minimum Gasteiger partial charge on any atom is -0.296 e. The number of imide groups is 1. The Balaban J connectivity index is 1.80. The van der Waals surface area contributed by atoms with Gasteiger partial charge in [-0.25, -0.2) is 0 Å². The predicted octanol–water partition coefficient (Wildman–Crippen LogP) is 0.941. The van der Waals surface area contributed by atoms with E-state index in [0.717, 1.165) is 11.8 Å². The summed E-state index contributed by atoms with van der Waals surface area (Å²) in [6, 6.07) is 0. The van der Waals surface area contributed by atoms with Crippen LogP contribution >= 0.6 is 0 Å². The first kappa shape index (κ1) is 8.31. The van der Waals surface area contributed by atoms with Crippen molar-refractivity contribution in [3.05, 3.63) is 0 Å². The van der Waals surface area contributed by atoms with Crippen LogP contribution in [-0.2, 0) is 9.59 Å². The van der Waals surface area contributed by atoms with Crippen molar-refractivity contribution >= 4 is 11.8 Å². The fourth-order valence-corrected chi connectivity index (χ4v) is 4.86. The lowest BCUT2D eigenvalue weighted by atomic mass is 9.44. The summed E-state index contributed by atoms with van der Waals surface area (Å²) >= 11 is 0. The second-order valence-electron chi connectivity index (χ2n) is 5.72. The topological polar surface area (TPSA) is 46.2 Å². The Morgan fingerprint density at radius 2 is 1.13 bits per heavy atom. The molecule has 5 fully saturated rings. The van der Waals surface area contributed by atoms with Crippen molar-refractivity contribution in [3.8, 4) is 0 Å². The van der Waals surface area contributed by atoms with Gasteiger partial charge < -0.3 is 0 Å². The van der Waals surface area contributed by atoms with Crippen LogP contribution in [0.4, 0.5) is 0 Å². The first-order chi connectivity index (χ1) is 7.27. The quantitative estimate of drug-likeness (QED) is 0.598. The summed E-state index contributed by atoms with van der Waals surface area (Å²) in [7, 11) is 0. The number of carbonyl (C=O) groups is 2. The summed E-state index contributed by atoms with van der Waals surface area (Å²) in [5, 5.41) is 2.55. The lowest BCUT2D eigenvalue weighted by Gasteiger charge is -2.58. The minimum absolute atomic E-state index is 0.0325. The van der Waals surface area contributed by atoms with Gasteiger partial charge in [0.1, 0.15) is 0 Å². The molecule has 4 saturated carbocycles. The fourth-order valence-electron chi connectivity index (χ4n) is 4.86. The van der Waals surface area contributed by atoms with Crippen LogP contribution in [0.3, 0.4) is 0 Å². The highest BCUT2D eigenvalue weighted by Gasteiger charge is 2.63. The van der Waals surface area contributed by atoms with E-state index >= 15 is 0 Å². The van der Waals surface area contributed by atoms with Gasteiger partial charge in [-0.15, -0.1) is 0 Å². The van der Waals surface area contributed by atoms with Crippen molar-refractivity contribution in [2.24, 2.45) is 35.5 Å². The average Bonchev–Trinajstić information content (AvgIpc) is 2.44. The molecule has 1 aliphatic heterocycles. The van der Waals surface area contributed by atoms with E-state index in [-0.39, 0.29) is 23.7 Å². The number of amides is 2. The van der Waals surface area contributed by atoms with Gasteiger partial charge in [0.05, 0.1) is 11.8 Å². The molecule has 1 N–H and O–H groups in total. The van der Waals surface area contributed by atoms with Gasteiger partial charge >= 0.3 is 0 Å². The van der Waals surface area contributed by atoms with Gasteiger partial charge in [-0.3, -0.25) is 14.9 Å². The fraction of sp³-hybridized carbons (Fsp3) is 0.833. The van der Waals surface area contributed by atoms with Crippen molar-refractivity contribution in [3.63, 3.8) is 0 Å². The molecule has 5 rings (SSSR count). The highest BCUT2D eigenvalue weighted by atomic mass is 16.2. The molecule has 0 spiro atoms. The standard InChI is InChI=1S/C12H15NO2/c14-11-9-7-3-4-8(6-2-1-5(6)7)10(9)12(15)13-11/h5-10H,1-4H2,(H,13,14,15). The number of nitrogens with one attached hydrogen (secondary N) is 1. The lowest BCUT2D eigenvalue weighted by molar-refractivity contribution is -0.151. The van der Waals surface area contributed by atoms with Crippen LogP contribution in [0, 0.1) is 35.5 Å². The van der Waals surface area contributed by atoms with E-state index in [2.05, 4.69) is 5.32 Å². The number of rotatable bonds is 0. The van der Waals surface area contributed by atoms with Crippen LogP contribution in [0.2, 0.25) is 0 Å². The molecular formula is C12H15NO2. The maximum absolute atomic E-state index is 11.8. The molecule has 0 aromatic rings. The number of fused-ring (bicyclic) bond motifs is 1. The van der Waals surface area contributed by atoms with E-state index in [1.54, 1.807) is 0 Å². The van der Waals surface area contributed by atoms with Crippen LogP contribution in [0.1, 0.15) is 25.7 Å². The molecule has 0 aromatic heterocycles. The van der Waals surface area contributed by atoms with Crippen LogP contribution in [0.25, 0.3) is 0 Å². The second kappa shape index (κ2) is 2.45. The SMILES string of the molecule is O=C1NC(=O)C2C3CCC(C4CCC43)C12. The van der Waals surface area contributed by atoms with Gasteiger partial charge in [0.2, 0.25) is 11.8 Å². The van der Waals surface area contributed by atoms with E-state index in [4.69, 9.17) is 0 Å². The van der Waals surface area contributed by atoms with Gasteiger partial charge in [-0.05, 0) is 49.4 Å². The van der Waals surface area contributed by atoms with Crippen LogP contribution in [0.15, 0.2) is 0 Å². The third kappa shape index (κ3) is 0.800. The monoisotopic (exact) mass is 205 g/mol. The molecule has 2 amide bonds. The van der Waals surface area contributed by atoms with Gasteiger partial charge in [0.15, 0.2) is 0 Å². The van der Waals surface area contributed by atoms with Crippen LogP contribution in [-0.4, -0.2) is 11.8 Å². The summed E-state index contributed by atoms with van der Waals surface area (Å²) in [6.45, 7) is 0. The Hall–Kier alpha value is -0.860.